The van der Waals surface area contributed by atoms with Gasteiger partial charge in [-0.25, -0.2) is 8.42 Å². The highest BCUT2D eigenvalue weighted by molar-refractivity contribution is 7.91. The molecule has 1 saturated heterocycles. The Bertz CT molecular complexity index is 457. The van der Waals surface area contributed by atoms with Gasteiger partial charge in [-0.05, 0) is 18.2 Å². The number of anilines is 2. The summed E-state index contributed by atoms with van der Waals surface area (Å²) in [7, 11) is -0.922. The van der Waals surface area contributed by atoms with E-state index in [9.17, 15) is 8.42 Å². The molecule has 1 fully saturated rings. The maximum atomic E-state index is 11.3. The Balaban J connectivity index is 2.13. The lowest BCUT2D eigenvalue weighted by molar-refractivity contribution is 0.587. The van der Waals surface area contributed by atoms with Gasteiger partial charge in [-0.1, -0.05) is 6.07 Å². The highest BCUT2D eigenvalue weighted by Gasteiger charge is 2.21. The van der Waals surface area contributed by atoms with E-state index in [1.807, 2.05) is 31.3 Å². The highest BCUT2D eigenvalue weighted by atomic mass is 32.2. The van der Waals surface area contributed by atoms with Gasteiger partial charge in [-0.2, -0.15) is 0 Å². The van der Waals surface area contributed by atoms with E-state index in [1.54, 1.807) is 0 Å². The Hall–Kier alpha value is -1.23. The normalized spacial score (nSPS) is 19.4. The van der Waals surface area contributed by atoms with Crippen LogP contribution in [0.25, 0.3) is 0 Å². The van der Waals surface area contributed by atoms with Crippen molar-refractivity contribution >= 4 is 21.2 Å². The molecule has 0 saturated carbocycles. The molecule has 0 aromatic heterocycles. The zero-order valence-corrected chi connectivity index (χ0v) is 10.1. The van der Waals surface area contributed by atoms with Crippen LogP contribution in [-0.4, -0.2) is 40.1 Å². The second-order valence-corrected chi connectivity index (χ2v) is 6.24. The summed E-state index contributed by atoms with van der Waals surface area (Å²) in [6.07, 6.45) is 0. The first-order chi connectivity index (χ1) is 7.61. The van der Waals surface area contributed by atoms with Crippen LogP contribution in [0.1, 0.15) is 0 Å². The van der Waals surface area contributed by atoms with Crippen molar-refractivity contribution in [2.75, 3.05) is 41.9 Å². The van der Waals surface area contributed by atoms with E-state index < -0.39 is 9.84 Å². The predicted molar refractivity (Wildman–Crippen MR) is 66.9 cm³/mol. The first kappa shape index (κ1) is 11.3. The van der Waals surface area contributed by atoms with Crippen LogP contribution in [0.2, 0.25) is 0 Å². The Kier molecular flexibility index (Phi) is 3.05. The third kappa shape index (κ3) is 2.47. The number of sulfone groups is 1. The second-order valence-electron chi connectivity index (χ2n) is 3.94. The van der Waals surface area contributed by atoms with Gasteiger partial charge in [0, 0.05) is 31.5 Å². The number of hydrogen-bond donors (Lipinski definition) is 1. The predicted octanol–water partition coefficient (Wildman–Crippen LogP) is 0.963. The molecule has 2 rings (SSSR count). The van der Waals surface area contributed by atoms with Gasteiger partial charge in [0.2, 0.25) is 0 Å². The smallest absolute Gasteiger partial charge is 0.153 e. The average Bonchev–Trinajstić information content (AvgIpc) is 2.29. The third-order valence-electron chi connectivity index (χ3n) is 2.84. The van der Waals surface area contributed by atoms with Crippen molar-refractivity contribution in [3.8, 4) is 0 Å². The first-order valence-corrected chi connectivity index (χ1v) is 7.16. The van der Waals surface area contributed by atoms with E-state index in [1.165, 1.54) is 0 Å². The molecule has 1 aliphatic rings. The summed E-state index contributed by atoms with van der Waals surface area (Å²) in [4.78, 5) is 2.11. The fourth-order valence-corrected chi connectivity index (χ4v) is 3.03. The fraction of sp³-hybridized carbons (Fsp3) is 0.455. The van der Waals surface area contributed by atoms with Crippen molar-refractivity contribution in [3.63, 3.8) is 0 Å². The van der Waals surface area contributed by atoms with Gasteiger partial charge < -0.3 is 10.2 Å². The lowest BCUT2D eigenvalue weighted by Gasteiger charge is -2.29. The van der Waals surface area contributed by atoms with Crippen molar-refractivity contribution in [2.24, 2.45) is 0 Å². The van der Waals surface area contributed by atoms with E-state index in [2.05, 4.69) is 10.2 Å². The zero-order chi connectivity index (χ0) is 11.6. The quantitative estimate of drug-likeness (QED) is 0.836. The van der Waals surface area contributed by atoms with E-state index in [-0.39, 0.29) is 11.5 Å². The number of hydrogen-bond acceptors (Lipinski definition) is 4. The summed E-state index contributed by atoms with van der Waals surface area (Å²) in [5, 5.41) is 3.08. The number of benzene rings is 1. The SMILES string of the molecule is CNc1cccc(N2CCS(=O)(=O)CC2)c1. The topological polar surface area (TPSA) is 49.4 Å². The Morgan fingerprint density at radius 1 is 1.25 bits per heavy atom. The fourth-order valence-electron chi connectivity index (χ4n) is 1.83. The van der Waals surface area contributed by atoms with Gasteiger partial charge in [0.25, 0.3) is 0 Å². The maximum Gasteiger partial charge on any atom is 0.153 e. The van der Waals surface area contributed by atoms with Gasteiger partial charge in [0.15, 0.2) is 9.84 Å². The molecule has 4 nitrogen and oxygen atoms in total. The molecule has 0 unspecified atom stereocenters. The molecule has 0 spiro atoms. The molecule has 1 aliphatic heterocycles. The Labute approximate surface area is 96.2 Å². The number of rotatable bonds is 2. The summed E-state index contributed by atoms with van der Waals surface area (Å²) in [6, 6.07) is 8.02. The average molecular weight is 240 g/mol. The van der Waals surface area contributed by atoms with Gasteiger partial charge in [0.1, 0.15) is 0 Å². The maximum absolute atomic E-state index is 11.3. The van der Waals surface area contributed by atoms with Gasteiger partial charge in [-0.3, -0.25) is 0 Å². The molecule has 16 heavy (non-hydrogen) atoms. The zero-order valence-electron chi connectivity index (χ0n) is 9.31. The Morgan fingerprint density at radius 3 is 2.56 bits per heavy atom. The van der Waals surface area contributed by atoms with Crippen LogP contribution in [0, 0.1) is 0 Å². The molecule has 1 aromatic rings. The van der Waals surface area contributed by atoms with Crippen molar-refractivity contribution in [2.45, 2.75) is 0 Å². The van der Waals surface area contributed by atoms with Crippen LogP contribution in [-0.2, 0) is 9.84 Å². The standard InChI is InChI=1S/C11H16N2O2S/c1-12-10-3-2-4-11(9-10)13-5-7-16(14,15)8-6-13/h2-4,9,12H,5-8H2,1H3. The van der Waals surface area contributed by atoms with E-state index in [4.69, 9.17) is 0 Å². The summed E-state index contributed by atoms with van der Waals surface area (Å²) in [5.41, 5.74) is 2.13. The molecule has 0 amide bonds. The van der Waals surface area contributed by atoms with Crippen LogP contribution >= 0.6 is 0 Å². The second kappa shape index (κ2) is 4.33. The lowest BCUT2D eigenvalue weighted by atomic mass is 10.2. The van der Waals surface area contributed by atoms with Crippen molar-refractivity contribution in [1.82, 2.24) is 0 Å². The van der Waals surface area contributed by atoms with Crippen molar-refractivity contribution < 1.29 is 8.42 Å². The van der Waals surface area contributed by atoms with Crippen molar-refractivity contribution in [3.05, 3.63) is 24.3 Å². The highest BCUT2D eigenvalue weighted by Crippen LogP contribution is 2.20. The summed E-state index contributed by atoms with van der Waals surface area (Å²) < 4.78 is 22.6. The van der Waals surface area contributed by atoms with Gasteiger partial charge in [0.05, 0.1) is 11.5 Å². The van der Waals surface area contributed by atoms with E-state index in [0.717, 1.165) is 11.4 Å². The minimum atomic E-state index is -2.80. The van der Waals surface area contributed by atoms with Gasteiger partial charge in [-0.15, -0.1) is 0 Å². The largest absolute Gasteiger partial charge is 0.388 e. The molecule has 0 aliphatic carbocycles. The monoisotopic (exact) mass is 240 g/mol. The summed E-state index contributed by atoms with van der Waals surface area (Å²) in [5.74, 6) is 0.521. The summed E-state index contributed by atoms with van der Waals surface area (Å²) >= 11 is 0. The van der Waals surface area contributed by atoms with E-state index >= 15 is 0 Å². The number of nitrogens with one attached hydrogen (secondary N) is 1. The minimum absolute atomic E-state index is 0.261. The van der Waals surface area contributed by atoms with Crippen LogP contribution in [0.15, 0.2) is 24.3 Å². The molecular formula is C11H16N2O2S. The molecule has 88 valence electrons. The molecule has 0 radical (unpaired) electrons. The van der Waals surface area contributed by atoms with Crippen LogP contribution in [0.4, 0.5) is 11.4 Å². The first-order valence-electron chi connectivity index (χ1n) is 5.34. The Morgan fingerprint density at radius 2 is 1.94 bits per heavy atom. The molecule has 0 atom stereocenters. The van der Waals surface area contributed by atoms with Gasteiger partial charge >= 0.3 is 0 Å². The van der Waals surface area contributed by atoms with Crippen LogP contribution in [0.5, 0.6) is 0 Å². The van der Waals surface area contributed by atoms with E-state index in [0.29, 0.717) is 13.1 Å². The number of nitrogens with zero attached hydrogens (tertiary/aromatic N) is 1. The molecule has 0 bridgehead atoms. The molecule has 5 heteroatoms. The van der Waals surface area contributed by atoms with Crippen LogP contribution < -0.4 is 10.2 Å². The summed E-state index contributed by atoms with van der Waals surface area (Å²) in [6.45, 7) is 1.19. The van der Waals surface area contributed by atoms with Crippen LogP contribution in [0.3, 0.4) is 0 Å². The lowest BCUT2D eigenvalue weighted by Crippen LogP contribution is -2.40. The molecular weight excluding hydrogens is 224 g/mol. The molecule has 1 N–H and O–H groups in total. The minimum Gasteiger partial charge on any atom is -0.388 e. The van der Waals surface area contributed by atoms with Crippen molar-refractivity contribution in [1.29, 1.82) is 0 Å². The third-order valence-corrected chi connectivity index (χ3v) is 4.45. The molecule has 1 aromatic carbocycles. The molecule has 1 heterocycles.